The summed E-state index contributed by atoms with van der Waals surface area (Å²) in [6.45, 7) is 6.81. The van der Waals surface area contributed by atoms with Crippen LogP contribution in [0.3, 0.4) is 0 Å². The number of hydrogen-bond acceptors (Lipinski definition) is 3. The van der Waals surface area contributed by atoms with Crippen molar-refractivity contribution in [1.82, 2.24) is 10.6 Å². The van der Waals surface area contributed by atoms with E-state index in [0.717, 1.165) is 68.0 Å². The van der Waals surface area contributed by atoms with Gasteiger partial charge < -0.3 is 20.2 Å². The zero-order valence-corrected chi connectivity index (χ0v) is 18.2. The van der Waals surface area contributed by atoms with Gasteiger partial charge in [0.15, 0.2) is 5.96 Å². The molecule has 1 unspecified atom stereocenters. The third-order valence-electron chi connectivity index (χ3n) is 4.23. The van der Waals surface area contributed by atoms with Gasteiger partial charge in [-0.3, -0.25) is 4.99 Å². The SMILES string of the molecule is CCCC(CCO)CN=C(NCC)NCCc1cc2ccccc2o1.I. The van der Waals surface area contributed by atoms with Crippen molar-refractivity contribution in [2.45, 2.75) is 39.5 Å². The van der Waals surface area contributed by atoms with Crippen molar-refractivity contribution in [1.29, 1.82) is 0 Å². The first-order chi connectivity index (χ1) is 12.3. The molecular weight excluding hydrogens is 441 g/mol. The van der Waals surface area contributed by atoms with E-state index in [1.807, 2.05) is 18.2 Å². The highest BCUT2D eigenvalue weighted by molar-refractivity contribution is 14.0. The Morgan fingerprint density at radius 2 is 2.00 bits per heavy atom. The zero-order chi connectivity index (χ0) is 17.9. The number of benzene rings is 1. The molecule has 1 heterocycles. The van der Waals surface area contributed by atoms with Crippen LogP contribution in [0.5, 0.6) is 0 Å². The third kappa shape index (κ3) is 7.53. The first-order valence-corrected chi connectivity index (χ1v) is 9.37. The Kier molecular flexibility index (Phi) is 11.4. The van der Waals surface area contributed by atoms with Gasteiger partial charge in [0.05, 0.1) is 0 Å². The van der Waals surface area contributed by atoms with Gasteiger partial charge in [0.25, 0.3) is 0 Å². The van der Waals surface area contributed by atoms with Crippen molar-refractivity contribution in [3.63, 3.8) is 0 Å². The number of aliphatic imine (C=N–C) groups is 1. The molecule has 0 aliphatic carbocycles. The molecule has 0 aliphatic rings. The fourth-order valence-corrected chi connectivity index (χ4v) is 2.94. The molecule has 1 aromatic carbocycles. The lowest BCUT2D eigenvalue weighted by Gasteiger charge is -2.15. The van der Waals surface area contributed by atoms with Crippen LogP contribution in [0.25, 0.3) is 11.0 Å². The number of halogens is 1. The molecule has 0 bridgehead atoms. The highest BCUT2D eigenvalue weighted by Gasteiger charge is 2.08. The normalized spacial score (nSPS) is 12.7. The van der Waals surface area contributed by atoms with E-state index in [1.54, 1.807) is 0 Å². The van der Waals surface area contributed by atoms with Gasteiger partial charge in [-0.25, -0.2) is 0 Å². The van der Waals surface area contributed by atoms with Gasteiger partial charge >= 0.3 is 0 Å². The summed E-state index contributed by atoms with van der Waals surface area (Å²) >= 11 is 0. The van der Waals surface area contributed by atoms with Crippen molar-refractivity contribution in [3.05, 3.63) is 36.1 Å². The smallest absolute Gasteiger partial charge is 0.191 e. The minimum atomic E-state index is 0. The molecule has 0 fully saturated rings. The van der Waals surface area contributed by atoms with Crippen molar-refractivity contribution in [3.8, 4) is 0 Å². The van der Waals surface area contributed by atoms with Crippen molar-refractivity contribution in [2.24, 2.45) is 10.9 Å². The molecule has 0 saturated carbocycles. The molecule has 2 rings (SSSR count). The number of para-hydroxylation sites is 1. The number of rotatable bonds is 10. The number of hydrogen-bond donors (Lipinski definition) is 3. The average Bonchev–Trinajstić information content (AvgIpc) is 3.02. The number of nitrogens with one attached hydrogen (secondary N) is 2. The van der Waals surface area contributed by atoms with Crippen LogP contribution in [0, 0.1) is 5.92 Å². The Balaban J connectivity index is 0.00000338. The fourth-order valence-electron chi connectivity index (χ4n) is 2.94. The molecular formula is C20H32IN3O2. The summed E-state index contributed by atoms with van der Waals surface area (Å²) in [4.78, 5) is 4.68. The van der Waals surface area contributed by atoms with Crippen LogP contribution in [0.1, 0.15) is 38.9 Å². The van der Waals surface area contributed by atoms with E-state index >= 15 is 0 Å². The minimum absolute atomic E-state index is 0. The lowest BCUT2D eigenvalue weighted by Crippen LogP contribution is -2.38. The highest BCUT2D eigenvalue weighted by Crippen LogP contribution is 2.18. The number of aliphatic hydroxyl groups is 1. The second kappa shape index (κ2) is 13.0. The van der Waals surface area contributed by atoms with Gasteiger partial charge in [-0.2, -0.15) is 0 Å². The number of guanidine groups is 1. The van der Waals surface area contributed by atoms with E-state index in [2.05, 4.69) is 41.6 Å². The summed E-state index contributed by atoms with van der Waals surface area (Å²) in [6.07, 6.45) is 3.85. The number of nitrogens with zero attached hydrogens (tertiary/aromatic N) is 1. The lowest BCUT2D eigenvalue weighted by molar-refractivity contribution is 0.253. The van der Waals surface area contributed by atoms with E-state index in [-0.39, 0.29) is 30.6 Å². The molecule has 0 spiro atoms. The average molecular weight is 473 g/mol. The molecule has 2 aromatic rings. The molecule has 26 heavy (non-hydrogen) atoms. The molecule has 0 saturated heterocycles. The van der Waals surface area contributed by atoms with Crippen LogP contribution in [-0.2, 0) is 6.42 Å². The summed E-state index contributed by atoms with van der Waals surface area (Å²) in [5, 5.41) is 17.0. The maximum Gasteiger partial charge on any atom is 0.191 e. The van der Waals surface area contributed by atoms with Gasteiger partial charge in [0.2, 0.25) is 0 Å². The topological polar surface area (TPSA) is 69.8 Å². The van der Waals surface area contributed by atoms with Gasteiger partial charge in [0.1, 0.15) is 11.3 Å². The second-order valence-corrected chi connectivity index (χ2v) is 6.31. The van der Waals surface area contributed by atoms with Crippen molar-refractivity contribution >= 4 is 40.9 Å². The summed E-state index contributed by atoms with van der Waals surface area (Å²) in [6, 6.07) is 10.2. The first-order valence-electron chi connectivity index (χ1n) is 9.37. The van der Waals surface area contributed by atoms with Crippen LogP contribution < -0.4 is 10.6 Å². The van der Waals surface area contributed by atoms with E-state index in [0.29, 0.717) is 5.92 Å². The van der Waals surface area contributed by atoms with Gasteiger partial charge in [-0.1, -0.05) is 31.5 Å². The van der Waals surface area contributed by atoms with Crippen molar-refractivity contribution < 1.29 is 9.52 Å². The van der Waals surface area contributed by atoms with E-state index in [9.17, 15) is 0 Å². The number of furan rings is 1. The summed E-state index contributed by atoms with van der Waals surface area (Å²) in [5.41, 5.74) is 0.935. The van der Waals surface area contributed by atoms with Crippen LogP contribution in [0.15, 0.2) is 39.7 Å². The molecule has 146 valence electrons. The maximum absolute atomic E-state index is 9.17. The molecule has 0 aliphatic heterocycles. The van der Waals surface area contributed by atoms with Gasteiger partial charge in [0, 0.05) is 38.0 Å². The fraction of sp³-hybridized carbons (Fsp3) is 0.550. The quantitative estimate of drug-likeness (QED) is 0.278. The van der Waals surface area contributed by atoms with E-state index < -0.39 is 0 Å². The van der Waals surface area contributed by atoms with Gasteiger partial charge in [-0.05, 0) is 37.8 Å². The Hall–Kier alpha value is -1.28. The highest BCUT2D eigenvalue weighted by atomic mass is 127. The van der Waals surface area contributed by atoms with Gasteiger partial charge in [-0.15, -0.1) is 24.0 Å². The van der Waals surface area contributed by atoms with E-state index in [1.165, 1.54) is 0 Å². The molecule has 0 radical (unpaired) electrons. The monoisotopic (exact) mass is 473 g/mol. The maximum atomic E-state index is 9.17. The Bertz CT molecular complexity index is 618. The van der Waals surface area contributed by atoms with Crippen molar-refractivity contribution in [2.75, 3.05) is 26.2 Å². The second-order valence-electron chi connectivity index (χ2n) is 6.31. The zero-order valence-electron chi connectivity index (χ0n) is 15.8. The largest absolute Gasteiger partial charge is 0.461 e. The number of fused-ring (bicyclic) bond motifs is 1. The predicted molar refractivity (Wildman–Crippen MR) is 119 cm³/mol. The number of aliphatic hydroxyl groups excluding tert-OH is 1. The molecule has 1 atom stereocenters. The summed E-state index contributed by atoms with van der Waals surface area (Å²) in [5.74, 6) is 2.26. The standard InChI is InChI=1S/C20H31N3O2.HI/c1-3-7-16(11-13-24)15-23-20(21-4-2)22-12-10-18-14-17-8-5-6-9-19(17)25-18;/h5-6,8-9,14,16,24H,3-4,7,10-13,15H2,1-2H3,(H2,21,22,23);1H. The van der Waals surface area contributed by atoms with Crippen LogP contribution >= 0.6 is 24.0 Å². The molecule has 1 aromatic heterocycles. The molecule has 0 amide bonds. The third-order valence-corrected chi connectivity index (χ3v) is 4.23. The Labute approximate surface area is 173 Å². The van der Waals surface area contributed by atoms with Crippen LogP contribution in [0.4, 0.5) is 0 Å². The molecule has 6 heteroatoms. The molecule has 5 nitrogen and oxygen atoms in total. The molecule has 3 N–H and O–H groups in total. The van der Waals surface area contributed by atoms with E-state index in [4.69, 9.17) is 9.52 Å². The van der Waals surface area contributed by atoms with Crippen LogP contribution in [0.2, 0.25) is 0 Å². The lowest BCUT2D eigenvalue weighted by atomic mass is 10.0. The Morgan fingerprint density at radius 3 is 2.69 bits per heavy atom. The first kappa shape index (κ1) is 22.8. The Morgan fingerprint density at radius 1 is 1.19 bits per heavy atom. The minimum Gasteiger partial charge on any atom is -0.461 e. The predicted octanol–water partition coefficient (Wildman–Crippen LogP) is 3.95. The summed E-state index contributed by atoms with van der Waals surface area (Å²) < 4.78 is 5.84. The summed E-state index contributed by atoms with van der Waals surface area (Å²) in [7, 11) is 0. The van der Waals surface area contributed by atoms with Crippen LogP contribution in [-0.4, -0.2) is 37.3 Å².